The lowest BCUT2D eigenvalue weighted by Crippen LogP contribution is -2.30. The summed E-state index contributed by atoms with van der Waals surface area (Å²) in [6.07, 6.45) is 17.5. The van der Waals surface area contributed by atoms with Gasteiger partial charge in [-0.2, -0.15) is 4.31 Å². The van der Waals surface area contributed by atoms with Gasteiger partial charge in [-0.3, -0.25) is 4.98 Å². The van der Waals surface area contributed by atoms with Crippen LogP contribution in [0.1, 0.15) is 101 Å². The lowest BCUT2D eigenvalue weighted by molar-refractivity contribution is 0.303. The van der Waals surface area contributed by atoms with Crippen molar-refractivity contribution in [3.8, 4) is 5.75 Å². The molecule has 5 nitrogen and oxygen atoms in total. The first-order valence-corrected chi connectivity index (χ1v) is 16.6. The van der Waals surface area contributed by atoms with E-state index in [1.165, 1.54) is 74.9 Å². The Balaban J connectivity index is 1.47. The topological polar surface area (TPSA) is 59.5 Å². The minimum atomic E-state index is -3.72. The van der Waals surface area contributed by atoms with E-state index in [1.54, 1.807) is 18.3 Å². The summed E-state index contributed by atoms with van der Waals surface area (Å²) in [5.74, 6) is 0.783. The van der Waals surface area contributed by atoms with Crippen LogP contribution in [0.5, 0.6) is 5.75 Å². The number of pyridine rings is 1. The Labute approximate surface area is 243 Å². The van der Waals surface area contributed by atoms with Gasteiger partial charge in [0.25, 0.3) is 0 Å². The third-order valence-corrected chi connectivity index (χ3v) is 9.05. The van der Waals surface area contributed by atoms with E-state index in [4.69, 9.17) is 4.74 Å². The molecule has 0 aliphatic carbocycles. The van der Waals surface area contributed by atoms with E-state index in [0.29, 0.717) is 12.3 Å². The molecule has 0 bridgehead atoms. The molecule has 0 spiro atoms. The molecule has 0 atom stereocenters. The average molecular weight is 565 g/mol. The number of benzene rings is 2. The van der Waals surface area contributed by atoms with Gasteiger partial charge < -0.3 is 4.74 Å². The van der Waals surface area contributed by atoms with E-state index in [-0.39, 0.29) is 18.0 Å². The maximum atomic E-state index is 13.6. The molecule has 0 N–H and O–H groups in total. The van der Waals surface area contributed by atoms with Crippen molar-refractivity contribution in [1.29, 1.82) is 0 Å². The molecule has 0 aliphatic heterocycles. The van der Waals surface area contributed by atoms with E-state index in [0.717, 1.165) is 23.3 Å². The smallest absolute Gasteiger partial charge is 0.243 e. The van der Waals surface area contributed by atoms with Gasteiger partial charge in [-0.1, -0.05) is 113 Å². The number of ether oxygens (including phenoxy) is 1. The number of aryl methyl sites for hydroxylation is 1. The molecule has 0 radical (unpaired) electrons. The molecule has 0 amide bonds. The first-order chi connectivity index (χ1) is 19.5. The van der Waals surface area contributed by atoms with Crippen LogP contribution in [0.25, 0.3) is 0 Å². The van der Waals surface area contributed by atoms with Gasteiger partial charge in [0.2, 0.25) is 10.0 Å². The second-order valence-corrected chi connectivity index (χ2v) is 12.7. The molecule has 0 aliphatic rings. The van der Waals surface area contributed by atoms with Crippen molar-refractivity contribution < 1.29 is 13.2 Å². The molecule has 0 saturated heterocycles. The fourth-order valence-corrected chi connectivity index (χ4v) is 6.23. The second-order valence-electron chi connectivity index (χ2n) is 10.8. The van der Waals surface area contributed by atoms with Crippen LogP contribution < -0.4 is 4.74 Å². The summed E-state index contributed by atoms with van der Waals surface area (Å²) in [6, 6.07) is 20.4. The quantitative estimate of drug-likeness (QED) is 0.129. The molecule has 6 heteroatoms. The molecule has 0 saturated carbocycles. The Morgan fingerprint density at radius 3 is 2.00 bits per heavy atom. The summed E-state index contributed by atoms with van der Waals surface area (Å²) in [5.41, 5.74) is 2.62. The molecular weight excluding hydrogens is 516 g/mol. The van der Waals surface area contributed by atoms with Crippen molar-refractivity contribution in [2.45, 2.75) is 109 Å². The van der Waals surface area contributed by atoms with Gasteiger partial charge in [-0.05, 0) is 55.3 Å². The lowest BCUT2D eigenvalue weighted by atomic mass is 10.1. The third-order valence-electron chi connectivity index (χ3n) is 7.25. The summed E-state index contributed by atoms with van der Waals surface area (Å²) in [7, 11) is -3.72. The molecule has 218 valence electrons. The molecule has 0 fully saturated rings. The van der Waals surface area contributed by atoms with Crippen LogP contribution in [0, 0.1) is 6.92 Å². The monoisotopic (exact) mass is 564 g/mol. The summed E-state index contributed by atoms with van der Waals surface area (Å²) in [4.78, 5) is 4.65. The Bertz CT molecular complexity index is 1200. The Morgan fingerprint density at radius 2 is 1.38 bits per heavy atom. The normalized spacial score (nSPS) is 11.7. The van der Waals surface area contributed by atoms with Crippen molar-refractivity contribution in [2.75, 3.05) is 6.61 Å². The maximum Gasteiger partial charge on any atom is 0.243 e. The van der Waals surface area contributed by atoms with Gasteiger partial charge >= 0.3 is 0 Å². The number of nitrogens with zero attached hydrogens (tertiary/aromatic N) is 2. The van der Waals surface area contributed by atoms with Crippen LogP contribution >= 0.6 is 0 Å². The number of hydrogen-bond donors (Lipinski definition) is 0. The molecular formula is C34H48N2O3S. The predicted molar refractivity (Wildman–Crippen MR) is 165 cm³/mol. The zero-order chi connectivity index (χ0) is 28.5. The molecule has 2 aromatic carbocycles. The highest BCUT2D eigenvalue weighted by Gasteiger charge is 2.25. The van der Waals surface area contributed by atoms with Crippen LogP contribution in [0.2, 0.25) is 0 Å². The summed E-state index contributed by atoms with van der Waals surface area (Å²) < 4.78 is 34.8. The standard InChI is InChI=1S/C34H48N2O3S/c1-3-4-5-6-7-8-9-10-11-12-13-16-26-39-33-20-17-18-31(27-33)28-36(29-32-19-14-15-25-35-32)40(37,38)34-23-21-30(2)22-24-34/h14-15,17-25,27H,3-13,16,26,28-29H2,1-2H3. The highest BCUT2D eigenvalue weighted by molar-refractivity contribution is 7.89. The zero-order valence-electron chi connectivity index (χ0n) is 24.6. The van der Waals surface area contributed by atoms with E-state index < -0.39 is 10.0 Å². The number of hydrogen-bond acceptors (Lipinski definition) is 4. The fraction of sp³-hybridized carbons (Fsp3) is 0.500. The minimum Gasteiger partial charge on any atom is -0.494 e. The van der Waals surface area contributed by atoms with Crippen molar-refractivity contribution in [3.05, 3.63) is 89.7 Å². The van der Waals surface area contributed by atoms with E-state index in [2.05, 4.69) is 11.9 Å². The third kappa shape index (κ3) is 11.4. The van der Waals surface area contributed by atoms with E-state index in [9.17, 15) is 8.42 Å². The van der Waals surface area contributed by atoms with E-state index >= 15 is 0 Å². The van der Waals surface area contributed by atoms with Crippen LogP contribution in [-0.2, 0) is 23.1 Å². The number of rotatable bonds is 20. The summed E-state index contributed by atoms with van der Waals surface area (Å²) >= 11 is 0. The van der Waals surface area contributed by atoms with Gasteiger partial charge in [0, 0.05) is 12.7 Å². The molecule has 1 aromatic heterocycles. The van der Waals surface area contributed by atoms with Gasteiger partial charge in [-0.25, -0.2) is 8.42 Å². The van der Waals surface area contributed by atoms with Crippen molar-refractivity contribution >= 4 is 10.0 Å². The van der Waals surface area contributed by atoms with Crippen molar-refractivity contribution in [1.82, 2.24) is 9.29 Å². The molecule has 3 aromatic rings. The molecule has 40 heavy (non-hydrogen) atoms. The Morgan fingerprint density at radius 1 is 0.725 bits per heavy atom. The van der Waals surface area contributed by atoms with E-state index in [1.807, 2.05) is 61.5 Å². The first-order valence-electron chi connectivity index (χ1n) is 15.2. The molecule has 1 heterocycles. The number of sulfonamides is 1. The first kappa shape index (κ1) is 31.8. The second kappa shape index (κ2) is 17.9. The molecule has 0 unspecified atom stereocenters. The summed E-state index contributed by atoms with van der Waals surface area (Å²) in [5, 5.41) is 0. The van der Waals surface area contributed by atoms with Gasteiger partial charge in [-0.15, -0.1) is 0 Å². The maximum absolute atomic E-state index is 13.6. The fourth-order valence-electron chi connectivity index (χ4n) is 4.83. The van der Waals surface area contributed by atoms with Gasteiger partial charge in [0.1, 0.15) is 5.75 Å². The summed E-state index contributed by atoms with van der Waals surface area (Å²) in [6.45, 7) is 5.33. The lowest BCUT2D eigenvalue weighted by Gasteiger charge is -2.22. The highest BCUT2D eigenvalue weighted by Crippen LogP contribution is 2.23. The predicted octanol–water partition coefficient (Wildman–Crippen LogP) is 8.86. The zero-order valence-corrected chi connectivity index (χ0v) is 25.4. The van der Waals surface area contributed by atoms with Crippen LogP contribution in [0.3, 0.4) is 0 Å². The number of unbranched alkanes of at least 4 members (excludes halogenated alkanes) is 11. The highest BCUT2D eigenvalue weighted by atomic mass is 32.2. The largest absolute Gasteiger partial charge is 0.494 e. The average Bonchev–Trinajstić information content (AvgIpc) is 2.96. The van der Waals surface area contributed by atoms with Crippen LogP contribution in [-0.4, -0.2) is 24.3 Å². The van der Waals surface area contributed by atoms with Crippen molar-refractivity contribution in [2.24, 2.45) is 0 Å². The SMILES string of the molecule is CCCCCCCCCCCCCCOc1cccc(CN(Cc2ccccn2)S(=O)(=O)c2ccc(C)cc2)c1. The number of aromatic nitrogens is 1. The Hall–Kier alpha value is -2.70. The van der Waals surface area contributed by atoms with Gasteiger partial charge in [0.15, 0.2) is 0 Å². The minimum absolute atomic E-state index is 0.195. The van der Waals surface area contributed by atoms with Crippen molar-refractivity contribution in [3.63, 3.8) is 0 Å². The van der Waals surface area contributed by atoms with Crippen LogP contribution in [0.4, 0.5) is 0 Å². The molecule has 3 rings (SSSR count). The van der Waals surface area contributed by atoms with Crippen LogP contribution in [0.15, 0.2) is 77.8 Å². The Kier molecular flexibility index (Phi) is 14.2. The van der Waals surface area contributed by atoms with Gasteiger partial charge in [0.05, 0.1) is 23.7 Å².